The lowest BCUT2D eigenvalue weighted by molar-refractivity contribution is -0.115. The van der Waals surface area contributed by atoms with Gasteiger partial charge in [-0.1, -0.05) is 13.8 Å². The summed E-state index contributed by atoms with van der Waals surface area (Å²) in [5.41, 5.74) is 1.74. The van der Waals surface area contributed by atoms with E-state index in [2.05, 4.69) is 26.2 Å². The zero-order chi connectivity index (χ0) is 11.4. The van der Waals surface area contributed by atoms with Crippen LogP contribution in [0.5, 0.6) is 0 Å². The van der Waals surface area contributed by atoms with E-state index in [4.69, 9.17) is 0 Å². The number of fused-ring (bicyclic) bond motifs is 1. The van der Waals surface area contributed by atoms with E-state index in [1.807, 2.05) is 25.8 Å². The number of hydrogen-bond donors (Lipinski definition) is 1. The fourth-order valence-electron chi connectivity index (χ4n) is 1.39. The first-order valence-electron chi connectivity index (χ1n) is 4.83. The molecule has 1 aliphatic rings. The van der Waals surface area contributed by atoms with E-state index in [-0.39, 0.29) is 5.91 Å². The molecule has 1 aliphatic heterocycles. The van der Waals surface area contributed by atoms with Crippen LogP contribution in [-0.2, 0) is 4.79 Å². The lowest BCUT2D eigenvalue weighted by Crippen LogP contribution is -2.35. The second-order valence-corrected chi connectivity index (χ2v) is 3.78. The van der Waals surface area contributed by atoms with Crippen molar-refractivity contribution >= 4 is 33.2 Å². The summed E-state index contributed by atoms with van der Waals surface area (Å²) < 4.78 is 0.896. The molecule has 0 saturated heterocycles. The molecule has 0 spiro atoms. The standard InChI is InChI=1S/C8H8BrN3O.C2H6/c1-12-4-7(13)11-6-3-10-2-5(9)8(6)12;1-2/h2-3H,4H2,1H3,(H,11,13);1-2H3. The summed E-state index contributed by atoms with van der Waals surface area (Å²) >= 11 is 3.39. The third-order valence-electron chi connectivity index (χ3n) is 1.91. The van der Waals surface area contributed by atoms with Crippen LogP contribution in [0.15, 0.2) is 16.9 Å². The number of pyridine rings is 1. The number of aromatic nitrogens is 1. The predicted octanol–water partition coefficient (Wildman–Crippen LogP) is 2.26. The van der Waals surface area contributed by atoms with Gasteiger partial charge in [-0.2, -0.15) is 0 Å². The monoisotopic (exact) mass is 271 g/mol. The van der Waals surface area contributed by atoms with Crippen molar-refractivity contribution in [2.45, 2.75) is 13.8 Å². The number of nitrogens with zero attached hydrogens (tertiary/aromatic N) is 2. The van der Waals surface area contributed by atoms with Crippen LogP contribution in [-0.4, -0.2) is 24.5 Å². The Morgan fingerprint density at radius 1 is 1.47 bits per heavy atom. The minimum atomic E-state index is -0.00472. The summed E-state index contributed by atoms with van der Waals surface area (Å²) in [4.78, 5) is 17.0. The smallest absolute Gasteiger partial charge is 0.243 e. The number of carbonyl (C=O) groups is 1. The molecule has 0 aromatic carbocycles. The Balaban J connectivity index is 0.000000531. The van der Waals surface area contributed by atoms with Crippen LogP contribution in [0.3, 0.4) is 0 Å². The van der Waals surface area contributed by atoms with E-state index in [0.717, 1.165) is 15.8 Å². The Kier molecular flexibility index (Phi) is 4.08. The van der Waals surface area contributed by atoms with E-state index >= 15 is 0 Å². The molecule has 0 bridgehead atoms. The third-order valence-corrected chi connectivity index (χ3v) is 2.49. The van der Waals surface area contributed by atoms with Crippen molar-refractivity contribution in [1.82, 2.24) is 4.98 Å². The van der Waals surface area contributed by atoms with Crippen molar-refractivity contribution in [2.24, 2.45) is 0 Å². The van der Waals surface area contributed by atoms with Crippen molar-refractivity contribution in [3.05, 3.63) is 16.9 Å². The molecular weight excluding hydrogens is 258 g/mol. The molecule has 1 amide bonds. The molecule has 1 aromatic rings. The van der Waals surface area contributed by atoms with Crippen molar-refractivity contribution < 1.29 is 4.79 Å². The van der Waals surface area contributed by atoms with Gasteiger partial charge in [0, 0.05) is 13.2 Å². The number of amides is 1. The highest BCUT2D eigenvalue weighted by molar-refractivity contribution is 9.10. The van der Waals surface area contributed by atoms with Gasteiger partial charge in [0.1, 0.15) is 0 Å². The third kappa shape index (κ3) is 2.47. The van der Waals surface area contributed by atoms with Crippen molar-refractivity contribution in [3.8, 4) is 0 Å². The van der Waals surface area contributed by atoms with Gasteiger partial charge in [0.25, 0.3) is 0 Å². The van der Waals surface area contributed by atoms with Crippen LogP contribution >= 0.6 is 15.9 Å². The normalized spacial score (nSPS) is 13.6. The number of likely N-dealkylation sites (N-methyl/N-ethyl adjacent to an activating group) is 1. The second-order valence-electron chi connectivity index (χ2n) is 2.92. The maximum absolute atomic E-state index is 11.2. The first-order chi connectivity index (χ1) is 7.18. The lowest BCUT2D eigenvalue weighted by atomic mass is 10.2. The van der Waals surface area contributed by atoms with Crippen LogP contribution < -0.4 is 10.2 Å². The molecular formula is C10H14BrN3O. The van der Waals surface area contributed by atoms with Crippen LogP contribution in [0.4, 0.5) is 11.4 Å². The lowest BCUT2D eigenvalue weighted by Gasteiger charge is -2.27. The molecule has 0 aliphatic carbocycles. The minimum absolute atomic E-state index is 0.00472. The topological polar surface area (TPSA) is 45.2 Å². The van der Waals surface area contributed by atoms with Crippen molar-refractivity contribution in [1.29, 1.82) is 0 Å². The maximum atomic E-state index is 11.2. The Morgan fingerprint density at radius 2 is 2.13 bits per heavy atom. The summed E-state index contributed by atoms with van der Waals surface area (Å²) in [6, 6.07) is 0. The zero-order valence-corrected chi connectivity index (χ0v) is 10.6. The fraction of sp³-hybridized carbons (Fsp3) is 0.400. The van der Waals surface area contributed by atoms with Crippen molar-refractivity contribution in [3.63, 3.8) is 0 Å². The number of hydrogen-bond acceptors (Lipinski definition) is 3. The van der Waals surface area contributed by atoms with Gasteiger partial charge < -0.3 is 10.2 Å². The van der Waals surface area contributed by atoms with E-state index < -0.39 is 0 Å². The van der Waals surface area contributed by atoms with Crippen LogP contribution in [0.1, 0.15) is 13.8 Å². The van der Waals surface area contributed by atoms with Gasteiger partial charge in [-0.25, -0.2) is 0 Å². The highest BCUT2D eigenvalue weighted by Crippen LogP contribution is 2.34. The summed E-state index contributed by atoms with van der Waals surface area (Å²) in [6.07, 6.45) is 3.36. The summed E-state index contributed by atoms with van der Waals surface area (Å²) in [5.74, 6) is -0.00472. The van der Waals surface area contributed by atoms with Crippen LogP contribution in [0.25, 0.3) is 0 Å². The molecule has 82 valence electrons. The molecule has 0 saturated carbocycles. The average molecular weight is 272 g/mol. The number of rotatable bonds is 0. The second kappa shape index (κ2) is 5.11. The quantitative estimate of drug-likeness (QED) is 0.788. The summed E-state index contributed by atoms with van der Waals surface area (Å²) in [6.45, 7) is 4.38. The van der Waals surface area contributed by atoms with Gasteiger partial charge in [-0.15, -0.1) is 0 Å². The number of nitrogens with one attached hydrogen (secondary N) is 1. The first kappa shape index (κ1) is 12.0. The average Bonchev–Trinajstić information content (AvgIpc) is 2.19. The molecule has 2 heterocycles. The van der Waals surface area contributed by atoms with Gasteiger partial charge in [-0.05, 0) is 15.9 Å². The highest BCUT2D eigenvalue weighted by atomic mass is 79.9. The number of halogens is 1. The van der Waals surface area contributed by atoms with Gasteiger partial charge >= 0.3 is 0 Å². The van der Waals surface area contributed by atoms with Crippen molar-refractivity contribution in [2.75, 3.05) is 23.8 Å². The SMILES string of the molecule is CC.CN1CC(=O)Nc2cncc(Br)c21. The number of anilines is 2. The fourth-order valence-corrected chi connectivity index (χ4v) is 2.03. The van der Waals surface area contributed by atoms with Gasteiger partial charge in [0.05, 0.1) is 28.6 Å². The summed E-state index contributed by atoms with van der Waals surface area (Å²) in [5, 5.41) is 2.76. The van der Waals surface area contributed by atoms with Gasteiger partial charge in [0.2, 0.25) is 5.91 Å². The molecule has 0 fully saturated rings. The van der Waals surface area contributed by atoms with E-state index in [0.29, 0.717) is 6.54 Å². The molecule has 15 heavy (non-hydrogen) atoms. The Labute approximate surface area is 97.8 Å². The Hall–Kier alpha value is -1.10. The molecule has 4 nitrogen and oxygen atoms in total. The Bertz CT molecular complexity index is 368. The van der Waals surface area contributed by atoms with E-state index in [1.165, 1.54) is 0 Å². The largest absolute Gasteiger partial charge is 0.363 e. The predicted molar refractivity (Wildman–Crippen MR) is 65.2 cm³/mol. The highest BCUT2D eigenvalue weighted by Gasteiger charge is 2.21. The zero-order valence-electron chi connectivity index (χ0n) is 9.04. The van der Waals surface area contributed by atoms with Gasteiger partial charge in [0.15, 0.2) is 0 Å². The molecule has 0 atom stereocenters. The Morgan fingerprint density at radius 3 is 2.80 bits per heavy atom. The number of carbonyl (C=O) groups excluding carboxylic acids is 1. The van der Waals surface area contributed by atoms with Crippen LogP contribution in [0, 0.1) is 0 Å². The molecule has 0 radical (unpaired) electrons. The molecule has 2 rings (SSSR count). The van der Waals surface area contributed by atoms with Crippen LogP contribution in [0.2, 0.25) is 0 Å². The van der Waals surface area contributed by atoms with Gasteiger partial charge in [-0.3, -0.25) is 9.78 Å². The maximum Gasteiger partial charge on any atom is 0.243 e. The molecule has 1 aromatic heterocycles. The molecule has 5 heteroatoms. The summed E-state index contributed by atoms with van der Waals surface area (Å²) in [7, 11) is 1.88. The first-order valence-corrected chi connectivity index (χ1v) is 5.62. The molecule has 0 unspecified atom stereocenters. The molecule has 1 N–H and O–H groups in total. The van der Waals surface area contributed by atoms with E-state index in [9.17, 15) is 4.79 Å². The van der Waals surface area contributed by atoms with E-state index in [1.54, 1.807) is 12.4 Å². The minimum Gasteiger partial charge on any atom is -0.363 e.